The molecule has 30 heavy (non-hydrogen) atoms. The summed E-state index contributed by atoms with van der Waals surface area (Å²) in [5, 5.41) is 26.6. The number of hydrogen-bond acceptors (Lipinski definition) is 9. The van der Waals surface area contributed by atoms with E-state index in [9.17, 15) is 0 Å². The standard InChI is InChI=1S/C18H42O9Si3/c1-28(16-4-10-22-13-7-19)25-29(2,17-5-11-23-14-8-20)27-30(3,26-28)18-6-12-24-15-9-21/h19-21H,4-18H2,1-3H3. The van der Waals surface area contributed by atoms with Crippen LogP contribution in [0.3, 0.4) is 0 Å². The van der Waals surface area contributed by atoms with Crippen molar-refractivity contribution < 1.29 is 41.9 Å². The molecule has 0 amide bonds. The molecule has 9 nitrogen and oxygen atoms in total. The molecule has 0 aliphatic carbocycles. The van der Waals surface area contributed by atoms with Gasteiger partial charge in [-0.15, -0.1) is 0 Å². The average Bonchev–Trinajstić information content (AvgIpc) is 2.66. The van der Waals surface area contributed by atoms with E-state index in [1.54, 1.807) is 0 Å². The molecule has 0 atom stereocenters. The summed E-state index contributed by atoms with van der Waals surface area (Å²) >= 11 is 0. The molecule has 0 aromatic carbocycles. The van der Waals surface area contributed by atoms with E-state index in [2.05, 4.69) is 19.6 Å². The molecule has 1 aliphatic heterocycles. The number of rotatable bonds is 18. The van der Waals surface area contributed by atoms with Crippen LogP contribution in [-0.2, 0) is 26.6 Å². The number of hydrogen-bond donors (Lipinski definition) is 3. The van der Waals surface area contributed by atoms with E-state index in [0.717, 1.165) is 37.4 Å². The van der Waals surface area contributed by atoms with Crippen molar-refractivity contribution in [2.45, 2.75) is 57.0 Å². The predicted molar refractivity (Wildman–Crippen MR) is 120 cm³/mol. The Balaban J connectivity index is 2.69. The summed E-state index contributed by atoms with van der Waals surface area (Å²) in [4.78, 5) is 0. The first-order chi connectivity index (χ1) is 14.3. The third-order valence-corrected chi connectivity index (χ3v) is 18.9. The van der Waals surface area contributed by atoms with E-state index in [-0.39, 0.29) is 19.8 Å². The van der Waals surface area contributed by atoms with Gasteiger partial charge in [0.1, 0.15) is 0 Å². The molecule has 0 saturated carbocycles. The van der Waals surface area contributed by atoms with E-state index in [0.29, 0.717) is 39.6 Å². The van der Waals surface area contributed by atoms with Crippen molar-refractivity contribution in [1.29, 1.82) is 0 Å². The summed E-state index contributed by atoms with van der Waals surface area (Å²) in [7, 11) is -7.27. The van der Waals surface area contributed by atoms with Gasteiger partial charge in [-0.3, -0.25) is 0 Å². The fourth-order valence-corrected chi connectivity index (χ4v) is 21.1. The summed E-state index contributed by atoms with van der Waals surface area (Å²) in [5.41, 5.74) is 0. The highest BCUT2D eigenvalue weighted by atomic mass is 28.5. The van der Waals surface area contributed by atoms with Crippen LogP contribution in [0.15, 0.2) is 0 Å². The minimum atomic E-state index is -2.42. The van der Waals surface area contributed by atoms with Crippen LogP contribution in [-0.4, -0.2) is 100 Å². The summed E-state index contributed by atoms with van der Waals surface area (Å²) in [5.74, 6) is 0. The zero-order valence-electron chi connectivity index (χ0n) is 18.9. The van der Waals surface area contributed by atoms with Gasteiger partial charge >= 0.3 is 25.7 Å². The van der Waals surface area contributed by atoms with Crippen LogP contribution in [0.4, 0.5) is 0 Å². The maximum Gasteiger partial charge on any atom is 0.317 e. The molecule has 1 rings (SSSR count). The summed E-state index contributed by atoms with van der Waals surface area (Å²) in [6.45, 7) is 9.27. The highest BCUT2D eigenvalue weighted by Crippen LogP contribution is 2.38. The van der Waals surface area contributed by atoms with Gasteiger partial charge in [0, 0.05) is 19.8 Å². The molecule has 1 aliphatic rings. The Morgan fingerprint density at radius 1 is 0.500 bits per heavy atom. The topological polar surface area (TPSA) is 116 Å². The zero-order chi connectivity index (χ0) is 22.3. The summed E-state index contributed by atoms with van der Waals surface area (Å²) in [6.07, 6.45) is 2.49. The molecule has 0 spiro atoms. The first-order valence-electron chi connectivity index (χ1n) is 11.0. The van der Waals surface area contributed by atoms with Crippen LogP contribution < -0.4 is 0 Å². The maximum absolute atomic E-state index is 8.86. The van der Waals surface area contributed by atoms with E-state index in [1.807, 2.05) is 0 Å². The molecule has 1 fully saturated rings. The largest absolute Gasteiger partial charge is 0.416 e. The number of aliphatic hydroxyl groups excluding tert-OH is 3. The van der Waals surface area contributed by atoms with Crippen LogP contribution in [0, 0.1) is 0 Å². The highest BCUT2D eigenvalue weighted by Gasteiger charge is 2.55. The van der Waals surface area contributed by atoms with Crippen LogP contribution in [0.5, 0.6) is 0 Å². The normalized spacial score (nSPS) is 29.4. The molecule has 3 N–H and O–H groups in total. The molecule has 0 radical (unpaired) electrons. The zero-order valence-corrected chi connectivity index (χ0v) is 21.9. The lowest BCUT2D eigenvalue weighted by atomic mass is 10.5. The van der Waals surface area contributed by atoms with Gasteiger partial charge in [0.05, 0.1) is 39.6 Å². The third kappa shape index (κ3) is 11.8. The van der Waals surface area contributed by atoms with Gasteiger partial charge in [-0.1, -0.05) is 0 Å². The van der Waals surface area contributed by atoms with Crippen molar-refractivity contribution in [3.05, 3.63) is 0 Å². The second-order valence-electron chi connectivity index (χ2n) is 8.03. The average molecular weight is 487 g/mol. The smallest absolute Gasteiger partial charge is 0.317 e. The Hall–Kier alpha value is 0.291. The summed E-state index contributed by atoms with van der Waals surface area (Å²) < 4.78 is 36.0. The van der Waals surface area contributed by atoms with E-state index in [4.69, 9.17) is 41.9 Å². The van der Waals surface area contributed by atoms with E-state index in [1.165, 1.54) is 0 Å². The van der Waals surface area contributed by atoms with Crippen molar-refractivity contribution in [2.24, 2.45) is 0 Å². The SMILES string of the molecule is C[Si]1(CCCOCCO)O[Si](C)(CCCOCCO)O[Si](C)(CCCOCCO)O1. The Morgan fingerprint density at radius 3 is 1.00 bits per heavy atom. The summed E-state index contributed by atoms with van der Waals surface area (Å²) in [6, 6.07) is 2.49. The van der Waals surface area contributed by atoms with Gasteiger partial charge in [0.15, 0.2) is 0 Å². The van der Waals surface area contributed by atoms with Gasteiger partial charge in [-0.2, -0.15) is 0 Å². The van der Waals surface area contributed by atoms with Crippen LogP contribution in [0.1, 0.15) is 19.3 Å². The molecule has 0 aromatic heterocycles. The van der Waals surface area contributed by atoms with Gasteiger partial charge in [0.2, 0.25) is 0 Å². The molecule has 180 valence electrons. The Bertz CT molecular complexity index is 377. The van der Waals surface area contributed by atoms with Gasteiger partial charge in [-0.05, 0) is 57.0 Å². The molecular weight excluding hydrogens is 444 g/mol. The molecule has 0 aromatic rings. The number of ether oxygens (including phenoxy) is 3. The third-order valence-electron chi connectivity index (χ3n) is 4.76. The minimum absolute atomic E-state index is 0.0300. The molecule has 12 heteroatoms. The van der Waals surface area contributed by atoms with Crippen LogP contribution in [0.25, 0.3) is 0 Å². The molecule has 0 bridgehead atoms. The van der Waals surface area contributed by atoms with Crippen molar-refractivity contribution >= 4 is 25.7 Å². The lowest BCUT2D eigenvalue weighted by Gasteiger charge is -2.50. The Labute approximate surface area is 184 Å². The fraction of sp³-hybridized carbons (Fsp3) is 1.00. The van der Waals surface area contributed by atoms with Crippen molar-refractivity contribution in [3.63, 3.8) is 0 Å². The quantitative estimate of drug-likeness (QED) is 0.196. The number of aliphatic hydroxyl groups is 3. The van der Waals surface area contributed by atoms with Gasteiger partial charge in [0.25, 0.3) is 0 Å². The van der Waals surface area contributed by atoms with Gasteiger partial charge < -0.3 is 41.9 Å². The lowest BCUT2D eigenvalue weighted by Crippen LogP contribution is -2.67. The predicted octanol–water partition coefficient (Wildman–Crippen LogP) is 1.46. The highest BCUT2D eigenvalue weighted by molar-refractivity contribution is 6.93. The van der Waals surface area contributed by atoms with Crippen molar-refractivity contribution in [3.8, 4) is 0 Å². The van der Waals surface area contributed by atoms with E-state index < -0.39 is 25.7 Å². The monoisotopic (exact) mass is 486 g/mol. The second-order valence-corrected chi connectivity index (χ2v) is 18.8. The van der Waals surface area contributed by atoms with E-state index >= 15 is 0 Å². The van der Waals surface area contributed by atoms with Crippen molar-refractivity contribution in [2.75, 3.05) is 59.5 Å². The minimum Gasteiger partial charge on any atom is -0.416 e. The Morgan fingerprint density at radius 2 is 0.767 bits per heavy atom. The first-order valence-corrected chi connectivity index (χ1v) is 18.5. The molecule has 1 saturated heterocycles. The Kier molecular flexibility index (Phi) is 14.3. The van der Waals surface area contributed by atoms with Crippen molar-refractivity contribution in [1.82, 2.24) is 0 Å². The van der Waals surface area contributed by atoms with Crippen LogP contribution in [0.2, 0.25) is 37.8 Å². The lowest BCUT2D eigenvalue weighted by molar-refractivity contribution is 0.0890. The fourth-order valence-electron chi connectivity index (χ4n) is 3.72. The van der Waals surface area contributed by atoms with Crippen LogP contribution >= 0.6 is 0 Å². The first kappa shape index (κ1) is 28.3. The molecule has 1 heterocycles. The second kappa shape index (κ2) is 15.2. The molecule has 0 unspecified atom stereocenters. The molecular formula is C18H42O9Si3. The van der Waals surface area contributed by atoms with Gasteiger partial charge in [-0.25, -0.2) is 0 Å². The maximum atomic E-state index is 8.86.